The lowest BCUT2D eigenvalue weighted by Gasteiger charge is -2.25. The molecule has 0 aliphatic carbocycles. The first-order valence-electron chi connectivity index (χ1n) is 10.8. The first-order chi connectivity index (χ1) is 15.1. The van der Waals surface area contributed by atoms with Gasteiger partial charge < -0.3 is 5.73 Å². The summed E-state index contributed by atoms with van der Waals surface area (Å²) in [4.78, 5) is 43.0. The van der Waals surface area contributed by atoms with E-state index in [1.165, 1.54) is 32.9 Å². The smallest absolute Gasteiger partial charge is 0.330 e. The van der Waals surface area contributed by atoms with Crippen molar-refractivity contribution >= 4 is 38.8 Å². The molecule has 1 aromatic carbocycles. The third-order valence-corrected chi connectivity index (χ3v) is 6.75. The van der Waals surface area contributed by atoms with Crippen molar-refractivity contribution in [1.82, 2.24) is 9.55 Å². The molecule has 0 aliphatic rings. The number of nitrogens with two attached hydrogens (primary N) is 1. The van der Waals surface area contributed by atoms with Gasteiger partial charge in [0.2, 0.25) is 0 Å². The molecule has 0 unspecified atom stereocenters. The Labute approximate surface area is 189 Å². The van der Waals surface area contributed by atoms with Crippen molar-refractivity contribution < 1.29 is 9.18 Å². The SMILES string of the molecule is CCCCn1c(N)c(N(CCC(C)C)C(=O)c2sc3ccc(F)cc3c2C)c(=O)[nH]c1=O. The summed E-state index contributed by atoms with van der Waals surface area (Å²) >= 11 is 1.25. The lowest BCUT2D eigenvalue weighted by molar-refractivity contribution is 0.0989. The van der Waals surface area contributed by atoms with Gasteiger partial charge in [0.15, 0.2) is 5.69 Å². The molecule has 0 saturated carbocycles. The first-order valence-corrected chi connectivity index (χ1v) is 11.6. The second-order valence-corrected chi connectivity index (χ2v) is 9.39. The summed E-state index contributed by atoms with van der Waals surface area (Å²) in [6.07, 6.45) is 2.18. The van der Waals surface area contributed by atoms with Crippen LogP contribution in [0.1, 0.15) is 55.3 Å². The Morgan fingerprint density at radius 2 is 2.03 bits per heavy atom. The zero-order chi connectivity index (χ0) is 23.6. The number of hydrogen-bond acceptors (Lipinski definition) is 5. The minimum absolute atomic E-state index is 0.0191. The molecule has 0 aliphatic heterocycles. The number of amides is 1. The van der Waals surface area contributed by atoms with Crippen LogP contribution in [-0.4, -0.2) is 22.0 Å². The fraction of sp³-hybridized carbons (Fsp3) is 0.435. The number of H-pyrrole nitrogens is 1. The van der Waals surface area contributed by atoms with E-state index in [1.54, 1.807) is 13.0 Å². The van der Waals surface area contributed by atoms with Crippen LogP contribution in [0.25, 0.3) is 10.1 Å². The molecule has 0 radical (unpaired) electrons. The van der Waals surface area contributed by atoms with Crippen molar-refractivity contribution in [3.63, 3.8) is 0 Å². The molecule has 2 heterocycles. The van der Waals surface area contributed by atoms with E-state index >= 15 is 0 Å². The molecular weight excluding hydrogens is 431 g/mol. The van der Waals surface area contributed by atoms with Gasteiger partial charge in [-0.25, -0.2) is 9.18 Å². The number of hydrogen-bond donors (Lipinski definition) is 2. The quantitative estimate of drug-likeness (QED) is 0.524. The Balaban J connectivity index is 2.16. The van der Waals surface area contributed by atoms with Gasteiger partial charge in [0, 0.05) is 17.8 Å². The zero-order valence-electron chi connectivity index (χ0n) is 18.8. The van der Waals surface area contributed by atoms with E-state index in [0.29, 0.717) is 35.2 Å². The molecule has 0 bridgehead atoms. The Bertz CT molecular complexity index is 1260. The summed E-state index contributed by atoms with van der Waals surface area (Å²) in [7, 11) is 0. The van der Waals surface area contributed by atoms with Gasteiger partial charge in [0.25, 0.3) is 11.5 Å². The second-order valence-electron chi connectivity index (χ2n) is 8.33. The summed E-state index contributed by atoms with van der Waals surface area (Å²) in [5.74, 6) is -0.510. The molecule has 7 nitrogen and oxygen atoms in total. The molecule has 3 aromatic rings. The van der Waals surface area contributed by atoms with Crippen LogP contribution in [0.2, 0.25) is 0 Å². The Kier molecular flexibility index (Phi) is 7.18. The Morgan fingerprint density at radius 1 is 1.31 bits per heavy atom. The number of nitrogen functional groups attached to an aromatic ring is 1. The molecule has 172 valence electrons. The van der Waals surface area contributed by atoms with E-state index in [1.807, 2.05) is 20.8 Å². The lowest BCUT2D eigenvalue weighted by Crippen LogP contribution is -2.42. The number of unbranched alkanes of at least 4 members (excludes halogenated alkanes) is 1. The highest BCUT2D eigenvalue weighted by molar-refractivity contribution is 7.21. The van der Waals surface area contributed by atoms with Crippen LogP contribution in [0.3, 0.4) is 0 Å². The van der Waals surface area contributed by atoms with Crippen molar-refractivity contribution in [3.8, 4) is 0 Å². The van der Waals surface area contributed by atoms with E-state index in [2.05, 4.69) is 4.98 Å². The van der Waals surface area contributed by atoms with E-state index in [-0.39, 0.29) is 35.7 Å². The minimum Gasteiger partial charge on any atom is -0.383 e. The number of thiophene rings is 1. The van der Waals surface area contributed by atoms with E-state index < -0.39 is 11.2 Å². The molecule has 9 heteroatoms. The summed E-state index contributed by atoms with van der Waals surface area (Å²) in [5.41, 5.74) is 5.64. The molecule has 32 heavy (non-hydrogen) atoms. The van der Waals surface area contributed by atoms with Gasteiger partial charge in [-0.1, -0.05) is 27.2 Å². The highest BCUT2D eigenvalue weighted by atomic mass is 32.1. The maximum Gasteiger partial charge on any atom is 0.330 e. The normalized spacial score (nSPS) is 11.4. The van der Waals surface area contributed by atoms with Gasteiger partial charge in [-0.3, -0.25) is 24.0 Å². The number of carbonyl (C=O) groups is 1. The molecule has 1 amide bonds. The topological polar surface area (TPSA) is 101 Å². The number of anilines is 2. The molecule has 0 atom stereocenters. The fourth-order valence-corrected chi connectivity index (χ4v) is 4.74. The van der Waals surface area contributed by atoms with Crippen LogP contribution < -0.4 is 21.9 Å². The van der Waals surface area contributed by atoms with Gasteiger partial charge in [-0.05, 0) is 54.8 Å². The van der Waals surface area contributed by atoms with Crippen LogP contribution >= 0.6 is 11.3 Å². The molecule has 0 spiro atoms. The standard InChI is InChI=1S/C23H29FN4O3S/c1-5-6-10-28-20(25)18(21(29)26-23(28)31)27(11-9-13(2)3)22(30)19-14(4)16-12-15(24)7-8-17(16)32-19/h7-8,12-13H,5-6,9-11,25H2,1-4H3,(H,26,29,31). The predicted octanol–water partition coefficient (Wildman–Crippen LogP) is 4.27. The zero-order valence-corrected chi connectivity index (χ0v) is 19.6. The number of fused-ring (bicyclic) bond motifs is 1. The minimum atomic E-state index is -0.692. The van der Waals surface area contributed by atoms with Crippen molar-refractivity contribution in [3.05, 3.63) is 55.3 Å². The average molecular weight is 461 g/mol. The van der Waals surface area contributed by atoms with Crippen LogP contribution in [0.4, 0.5) is 15.9 Å². The summed E-state index contributed by atoms with van der Waals surface area (Å²) in [6, 6.07) is 4.40. The van der Waals surface area contributed by atoms with Crippen molar-refractivity contribution in [1.29, 1.82) is 0 Å². The summed E-state index contributed by atoms with van der Waals surface area (Å²) in [5, 5.41) is 0.664. The number of carbonyl (C=O) groups excluding carboxylic acids is 1. The third kappa shape index (κ3) is 4.62. The number of nitrogens with zero attached hydrogens (tertiary/aromatic N) is 2. The second kappa shape index (κ2) is 9.68. The number of rotatable bonds is 8. The maximum atomic E-state index is 13.8. The maximum absolute atomic E-state index is 13.8. The van der Waals surface area contributed by atoms with Gasteiger partial charge in [0.05, 0.1) is 4.88 Å². The van der Waals surface area contributed by atoms with Crippen LogP contribution in [0.5, 0.6) is 0 Å². The highest BCUT2D eigenvalue weighted by Crippen LogP contribution is 2.33. The van der Waals surface area contributed by atoms with E-state index in [0.717, 1.165) is 11.1 Å². The number of nitrogens with one attached hydrogen (secondary N) is 1. The highest BCUT2D eigenvalue weighted by Gasteiger charge is 2.28. The van der Waals surface area contributed by atoms with Gasteiger partial charge in [0.1, 0.15) is 11.6 Å². The molecule has 2 aromatic heterocycles. The predicted molar refractivity (Wildman–Crippen MR) is 128 cm³/mol. The number of aromatic nitrogens is 2. The molecule has 3 rings (SSSR count). The molecular formula is C23H29FN4O3S. The number of aromatic amines is 1. The largest absolute Gasteiger partial charge is 0.383 e. The summed E-state index contributed by atoms with van der Waals surface area (Å²) in [6.45, 7) is 8.40. The average Bonchev–Trinajstić information content (AvgIpc) is 3.05. The van der Waals surface area contributed by atoms with Crippen LogP contribution in [-0.2, 0) is 6.54 Å². The first kappa shape index (κ1) is 23.7. The number of aryl methyl sites for hydroxylation is 1. The van der Waals surface area contributed by atoms with E-state index in [4.69, 9.17) is 5.73 Å². The number of halogens is 1. The monoisotopic (exact) mass is 460 g/mol. The summed E-state index contributed by atoms with van der Waals surface area (Å²) < 4.78 is 15.9. The van der Waals surface area contributed by atoms with Gasteiger partial charge >= 0.3 is 5.69 Å². The van der Waals surface area contributed by atoms with Crippen molar-refractivity contribution in [2.45, 2.75) is 53.5 Å². The molecule has 3 N–H and O–H groups in total. The molecule has 0 saturated heterocycles. The van der Waals surface area contributed by atoms with Crippen molar-refractivity contribution in [2.24, 2.45) is 5.92 Å². The lowest BCUT2D eigenvalue weighted by atomic mass is 10.1. The Hall–Kier alpha value is -2.94. The third-order valence-electron chi connectivity index (χ3n) is 5.49. The number of benzene rings is 1. The van der Waals surface area contributed by atoms with Gasteiger partial charge in [-0.2, -0.15) is 0 Å². The van der Waals surface area contributed by atoms with Crippen molar-refractivity contribution in [2.75, 3.05) is 17.2 Å². The van der Waals surface area contributed by atoms with Gasteiger partial charge in [-0.15, -0.1) is 11.3 Å². The fourth-order valence-electron chi connectivity index (χ4n) is 3.60. The van der Waals surface area contributed by atoms with E-state index in [9.17, 15) is 18.8 Å². The van der Waals surface area contributed by atoms with Crippen LogP contribution in [0, 0.1) is 18.7 Å². The molecule has 0 fully saturated rings. The van der Waals surface area contributed by atoms with Crippen LogP contribution in [0.15, 0.2) is 27.8 Å². The Morgan fingerprint density at radius 3 is 2.69 bits per heavy atom.